The summed E-state index contributed by atoms with van der Waals surface area (Å²) in [6, 6.07) is 2.84. The minimum atomic E-state index is -4.01. The van der Waals surface area contributed by atoms with Gasteiger partial charge in [-0.2, -0.15) is 0 Å². The third-order valence-electron chi connectivity index (χ3n) is 2.57. The molecule has 5 nitrogen and oxygen atoms in total. The zero-order valence-corrected chi connectivity index (χ0v) is 12.7. The summed E-state index contributed by atoms with van der Waals surface area (Å²) < 4.78 is 41.1. The van der Waals surface area contributed by atoms with E-state index in [-0.39, 0.29) is 17.0 Å². The van der Waals surface area contributed by atoms with Crippen LogP contribution in [0.1, 0.15) is 17.3 Å². The van der Waals surface area contributed by atoms with Crippen molar-refractivity contribution >= 4 is 25.6 Å². The molecule has 0 aliphatic carbocycles. The fourth-order valence-electron chi connectivity index (χ4n) is 1.47. The first-order chi connectivity index (χ1) is 9.27. The smallest absolute Gasteiger partial charge is 0.261 e. The summed E-state index contributed by atoms with van der Waals surface area (Å²) in [5.74, 6) is -1.44. The summed E-state index contributed by atoms with van der Waals surface area (Å²) in [5, 5.41) is 0. The summed E-state index contributed by atoms with van der Waals surface area (Å²) in [5.41, 5.74) is -0.342. The second-order valence-corrected chi connectivity index (χ2v) is 6.57. The van der Waals surface area contributed by atoms with Crippen molar-refractivity contribution in [3.8, 4) is 0 Å². The SMILES string of the molecule is CCOCCN(C)C(=O)c1cc(S(=O)(=O)Cl)ccc1F. The summed E-state index contributed by atoms with van der Waals surface area (Å²) in [7, 11) is 2.64. The van der Waals surface area contributed by atoms with Gasteiger partial charge >= 0.3 is 0 Å². The number of amides is 1. The van der Waals surface area contributed by atoms with Gasteiger partial charge in [0.2, 0.25) is 0 Å². The number of nitrogens with zero attached hydrogens (tertiary/aromatic N) is 1. The predicted octanol–water partition coefficient (Wildman–Crippen LogP) is 1.86. The minimum absolute atomic E-state index is 0.268. The van der Waals surface area contributed by atoms with E-state index in [9.17, 15) is 17.6 Å². The van der Waals surface area contributed by atoms with Crippen LogP contribution in [0, 0.1) is 5.82 Å². The molecule has 0 atom stereocenters. The third kappa shape index (κ3) is 4.43. The molecule has 0 saturated carbocycles. The van der Waals surface area contributed by atoms with E-state index in [0.29, 0.717) is 13.2 Å². The molecule has 20 heavy (non-hydrogen) atoms. The molecular weight excluding hydrogens is 309 g/mol. The average molecular weight is 324 g/mol. The number of benzene rings is 1. The number of carbonyl (C=O) groups is 1. The standard InChI is InChI=1S/C12H15ClFNO4S/c1-3-19-7-6-15(2)12(16)10-8-9(20(13,17)18)4-5-11(10)14/h4-5,8H,3,6-7H2,1-2H3. The van der Waals surface area contributed by atoms with Crippen molar-refractivity contribution in [1.29, 1.82) is 0 Å². The van der Waals surface area contributed by atoms with Gasteiger partial charge in [-0.3, -0.25) is 4.79 Å². The van der Waals surface area contributed by atoms with E-state index in [2.05, 4.69) is 0 Å². The summed E-state index contributed by atoms with van der Waals surface area (Å²) in [4.78, 5) is 13.0. The number of ether oxygens (including phenoxy) is 1. The van der Waals surface area contributed by atoms with Crippen molar-refractivity contribution in [2.24, 2.45) is 0 Å². The second-order valence-electron chi connectivity index (χ2n) is 4.00. The largest absolute Gasteiger partial charge is 0.380 e. The predicted molar refractivity (Wildman–Crippen MR) is 72.9 cm³/mol. The molecular formula is C12H15ClFNO4S. The highest BCUT2D eigenvalue weighted by Crippen LogP contribution is 2.19. The highest BCUT2D eigenvalue weighted by molar-refractivity contribution is 8.13. The molecule has 1 amide bonds. The van der Waals surface area contributed by atoms with E-state index in [1.165, 1.54) is 11.9 Å². The van der Waals surface area contributed by atoms with Gasteiger partial charge in [0.05, 0.1) is 17.1 Å². The first kappa shape index (κ1) is 16.9. The van der Waals surface area contributed by atoms with Gasteiger partial charge in [0.25, 0.3) is 15.0 Å². The minimum Gasteiger partial charge on any atom is -0.380 e. The molecule has 1 aromatic rings. The van der Waals surface area contributed by atoms with E-state index in [4.69, 9.17) is 15.4 Å². The van der Waals surface area contributed by atoms with Gasteiger partial charge in [0.1, 0.15) is 5.82 Å². The molecule has 0 heterocycles. The maximum atomic E-state index is 13.6. The lowest BCUT2D eigenvalue weighted by Crippen LogP contribution is -2.31. The Morgan fingerprint density at radius 3 is 2.65 bits per heavy atom. The van der Waals surface area contributed by atoms with Crippen LogP contribution in [-0.2, 0) is 13.8 Å². The monoisotopic (exact) mass is 323 g/mol. The molecule has 0 fully saturated rings. The summed E-state index contributed by atoms with van der Waals surface area (Å²) in [6.45, 7) is 2.91. The number of carbonyl (C=O) groups excluding carboxylic acids is 1. The molecule has 1 rings (SSSR count). The van der Waals surface area contributed by atoms with E-state index < -0.39 is 20.8 Å². The number of hydrogen-bond acceptors (Lipinski definition) is 4. The third-order valence-corrected chi connectivity index (χ3v) is 3.92. The van der Waals surface area contributed by atoms with Crippen LogP contribution in [-0.4, -0.2) is 46.0 Å². The molecule has 1 aromatic carbocycles. The van der Waals surface area contributed by atoms with Gasteiger partial charge < -0.3 is 9.64 Å². The molecule has 0 radical (unpaired) electrons. The normalized spacial score (nSPS) is 11.4. The average Bonchev–Trinajstić information content (AvgIpc) is 2.37. The molecule has 0 unspecified atom stereocenters. The Labute approximate surface area is 121 Å². The molecule has 0 aromatic heterocycles. The van der Waals surface area contributed by atoms with Crippen LogP contribution in [0.15, 0.2) is 23.1 Å². The van der Waals surface area contributed by atoms with Crippen molar-refractivity contribution in [2.45, 2.75) is 11.8 Å². The van der Waals surface area contributed by atoms with E-state index in [0.717, 1.165) is 18.2 Å². The molecule has 0 aliphatic rings. The topological polar surface area (TPSA) is 63.7 Å². The fourth-order valence-corrected chi connectivity index (χ4v) is 2.25. The van der Waals surface area contributed by atoms with E-state index >= 15 is 0 Å². The fraction of sp³-hybridized carbons (Fsp3) is 0.417. The Kier molecular flexibility index (Phi) is 5.91. The summed E-state index contributed by atoms with van der Waals surface area (Å²) in [6.07, 6.45) is 0. The number of rotatable bonds is 6. The maximum absolute atomic E-state index is 13.6. The van der Waals surface area contributed by atoms with Crippen LogP contribution in [0.25, 0.3) is 0 Å². The molecule has 0 aliphatic heterocycles. The highest BCUT2D eigenvalue weighted by atomic mass is 35.7. The van der Waals surface area contributed by atoms with Crippen molar-refractivity contribution in [3.05, 3.63) is 29.6 Å². The first-order valence-electron chi connectivity index (χ1n) is 5.84. The lowest BCUT2D eigenvalue weighted by molar-refractivity contribution is 0.0705. The Morgan fingerprint density at radius 1 is 1.45 bits per heavy atom. The van der Waals surface area contributed by atoms with Gasteiger partial charge in [-0.05, 0) is 25.1 Å². The Morgan fingerprint density at radius 2 is 2.10 bits per heavy atom. The van der Waals surface area contributed by atoms with Gasteiger partial charge in [-0.1, -0.05) is 0 Å². The Balaban J connectivity index is 2.97. The zero-order chi connectivity index (χ0) is 15.3. The molecule has 0 bridgehead atoms. The lowest BCUT2D eigenvalue weighted by atomic mass is 10.2. The first-order valence-corrected chi connectivity index (χ1v) is 8.15. The van der Waals surface area contributed by atoms with Gasteiger partial charge in [0.15, 0.2) is 0 Å². The molecule has 8 heteroatoms. The molecule has 0 spiro atoms. The number of halogens is 2. The van der Waals surface area contributed by atoms with Crippen LogP contribution >= 0.6 is 10.7 Å². The Bertz CT molecular complexity index is 591. The van der Waals surface area contributed by atoms with Gasteiger partial charge in [0, 0.05) is 30.9 Å². The van der Waals surface area contributed by atoms with Crippen molar-refractivity contribution < 1.29 is 22.3 Å². The van der Waals surface area contributed by atoms with Crippen LogP contribution in [0.3, 0.4) is 0 Å². The summed E-state index contributed by atoms with van der Waals surface area (Å²) >= 11 is 0. The zero-order valence-electron chi connectivity index (χ0n) is 11.1. The quantitative estimate of drug-likeness (QED) is 0.592. The number of hydrogen-bond donors (Lipinski definition) is 0. The maximum Gasteiger partial charge on any atom is 0.261 e. The number of likely N-dealkylation sites (N-methyl/N-ethyl adjacent to an activating group) is 1. The van der Waals surface area contributed by atoms with E-state index in [1.54, 1.807) is 0 Å². The van der Waals surface area contributed by atoms with Crippen LogP contribution < -0.4 is 0 Å². The van der Waals surface area contributed by atoms with Crippen molar-refractivity contribution in [2.75, 3.05) is 26.8 Å². The second kappa shape index (κ2) is 7.01. The van der Waals surface area contributed by atoms with Crippen molar-refractivity contribution in [1.82, 2.24) is 4.90 Å². The lowest BCUT2D eigenvalue weighted by Gasteiger charge is -2.17. The molecule has 112 valence electrons. The van der Waals surface area contributed by atoms with Crippen molar-refractivity contribution in [3.63, 3.8) is 0 Å². The van der Waals surface area contributed by atoms with Crippen LogP contribution in [0.4, 0.5) is 4.39 Å². The molecule has 0 N–H and O–H groups in total. The van der Waals surface area contributed by atoms with Gasteiger partial charge in [-0.25, -0.2) is 12.8 Å². The van der Waals surface area contributed by atoms with Gasteiger partial charge in [-0.15, -0.1) is 0 Å². The Hall–Kier alpha value is -1.18. The van der Waals surface area contributed by atoms with E-state index in [1.807, 2.05) is 6.92 Å². The van der Waals surface area contributed by atoms with Crippen LogP contribution in [0.2, 0.25) is 0 Å². The molecule has 0 saturated heterocycles. The van der Waals surface area contributed by atoms with Crippen LogP contribution in [0.5, 0.6) is 0 Å². The highest BCUT2D eigenvalue weighted by Gasteiger charge is 2.20.